The van der Waals surface area contributed by atoms with Gasteiger partial charge in [0.25, 0.3) is 0 Å². The summed E-state index contributed by atoms with van der Waals surface area (Å²) in [7, 11) is 0. The van der Waals surface area contributed by atoms with Gasteiger partial charge in [0.05, 0.1) is 18.9 Å². The number of aliphatic hydroxyl groups is 1. The number of hydrogen-bond donors (Lipinski definition) is 2. The molecule has 2 N–H and O–H groups in total. The van der Waals surface area contributed by atoms with Gasteiger partial charge in [-0.1, -0.05) is 86.3 Å². The Hall–Kier alpha value is -4.54. The Labute approximate surface area is 281 Å². The Balaban J connectivity index is 1.37. The molecule has 0 saturated carbocycles. The molecule has 0 bridgehead atoms. The molecule has 3 aromatic carbocycles. The van der Waals surface area contributed by atoms with E-state index in [0.717, 1.165) is 33.4 Å². The van der Waals surface area contributed by atoms with E-state index in [4.69, 9.17) is 16.5 Å². The van der Waals surface area contributed by atoms with Crippen molar-refractivity contribution >= 4 is 29.6 Å². The fraction of sp³-hybridized carbons (Fsp3) is 0.361. The van der Waals surface area contributed by atoms with Gasteiger partial charge in [0.2, 0.25) is 11.8 Å². The first-order valence-corrected chi connectivity index (χ1v) is 16.4. The summed E-state index contributed by atoms with van der Waals surface area (Å²) in [5.41, 5.74) is 3.12. The number of aliphatic hydroxyl groups excluding tert-OH is 1. The third kappa shape index (κ3) is 8.25. The lowest BCUT2D eigenvalue weighted by molar-refractivity contribution is -0.180. The minimum atomic E-state index is -0.895. The molecule has 0 spiro atoms. The van der Waals surface area contributed by atoms with Crippen LogP contribution in [0.5, 0.6) is 5.75 Å². The number of fused-ring (bicyclic) bond motifs is 1. The van der Waals surface area contributed by atoms with Crippen LogP contribution in [0.1, 0.15) is 55.2 Å². The number of nitrogens with zero attached hydrogens (tertiary/aromatic N) is 4. The molecule has 2 heterocycles. The lowest BCUT2D eigenvalue weighted by Gasteiger charge is -2.53. The summed E-state index contributed by atoms with van der Waals surface area (Å²) in [5.74, 6) is 0.0944. The predicted molar refractivity (Wildman–Crippen MR) is 180 cm³/mol. The number of carbonyl (C=O) groups excluding carboxylic acids is 3. The topological polar surface area (TPSA) is 106 Å². The Morgan fingerprint density at radius 3 is 2.26 bits per heavy atom. The second-order valence-corrected chi connectivity index (χ2v) is 12.2. The molecule has 2 fully saturated rings. The van der Waals surface area contributed by atoms with E-state index < -0.39 is 18.2 Å². The van der Waals surface area contributed by atoms with E-state index in [1.165, 1.54) is 9.91 Å². The van der Waals surface area contributed by atoms with Crippen molar-refractivity contribution < 1.29 is 24.2 Å². The second kappa shape index (κ2) is 15.8. The fourth-order valence-corrected chi connectivity index (χ4v) is 6.50. The minimum absolute atomic E-state index is 0.0228. The average molecular weight is 660 g/mol. The molecule has 2 atom stereocenters. The van der Waals surface area contributed by atoms with Crippen LogP contribution < -0.4 is 10.1 Å². The number of halogens is 1. The number of carbonyl (C=O) groups is 3. The Morgan fingerprint density at radius 1 is 1.02 bits per heavy atom. The molecule has 0 aromatic heterocycles. The molecule has 0 unspecified atom stereocenters. The van der Waals surface area contributed by atoms with Crippen molar-refractivity contribution in [1.82, 2.24) is 24.7 Å². The quantitative estimate of drug-likeness (QED) is 0.177. The van der Waals surface area contributed by atoms with Crippen molar-refractivity contribution in [3.63, 3.8) is 0 Å². The number of rotatable bonds is 13. The zero-order valence-corrected chi connectivity index (χ0v) is 27.4. The third-order valence-electron chi connectivity index (χ3n) is 8.55. The van der Waals surface area contributed by atoms with Gasteiger partial charge in [0.1, 0.15) is 24.5 Å². The first-order chi connectivity index (χ1) is 22.8. The predicted octanol–water partition coefficient (Wildman–Crippen LogP) is 5.81. The van der Waals surface area contributed by atoms with Crippen molar-refractivity contribution in [2.24, 2.45) is 0 Å². The molecule has 2 aliphatic heterocycles. The normalized spacial score (nSPS) is 18.3. The van der Waals surface area contributed by atoms with Crippen molar-refractivity contribution in [3.05, 3.63) is 114 Å². The molecule has 11 heteroatoms. The highest BCUT2D eigenvalue weighted by Crippen LogP contribution is 2.32. The van der Waals surface area contributed by atoms with Crippen LogP contribution >= 0.6 is 11.8 Å². The molecule has 3 aromatic rings. The SMILES string of the molecule is C=C(O)CC[C@H]1C(=O)N(CCC(c2ccccc2)c2ccccc2)C[C@H]2N1C(=O)CN(Cl)N2C(=O)NCc1ccc(OCCC)cc1. The summed E-state index contributed by atoms with van der Waals surface area (Å²) >= 11 is 6.57. The number of nitrogens with one attached hydrogen (secondary N) is 1. The number of urea groups is 1. The first-order valence-electron chi connectivity index (χ1n) is 16.1. The van der Waals surface area contributed by atoms with Crippen molar-refractivity contribution in [3.8, 4) is 5.75 Å². The van der Waals surface area contributed by atoms with Crippen LogP contribution in [0.4, 0.5) is 4.79 Å². The summed E-state index contributed by atoms with van der Waals surface area (Å²) in [4.78, 5) is 44.3. The molecule has 10 nitrogen and oxygen atoms in total. The summed E-state index contributed by atoms with van der Waals surface area (Å²) in [6.07, 6.45) is 0.974. The molecule has 47 heavy (non-hydrogen) atoms. The lowest BCUT2D eigenvalue weighted by atomic mass is 9.88. The number of piperazine rings is 1. The van der Waals surface area contributed by atoms with Crippen molar-refractivity contribution in [1.29, 1.82) is 0 Å². The number of allylic oxidation sites excluding steroid dienone is 1. The van der Waals surface area contributed by atoms with Gasteiger partial charge in [-0.25, -0.2) is 9.80 Å². The summed E-state index contributed by atoms with van der Waals surface area (Å²) in [6, 6.07) is 26.3. The van der Waals surface area contributed by atoms with Gasteiger partial charge in [-0.15, -0.1) is 4.53 Å². The van der Waals surface area contributed by atoms with E-state index in [1.807, 2.05) is 67.6 Å². The van der Waals surface area contributed by atoms with Gasteiger partial charge < -0.3 is 25.0 Å². The van der Waals surface area contributed by atoms with Gasteiger partial charge in [0.15, 0.2) is 0 Å². The zero-order chi connectivity index (χ0) is 33.3. The number of amides is 4. The molecular weight excluding hydrogens is 618 g/mol. The highest BCUT2D eigenvalue weighted by Gasteiger charge is 2.51. The maximum absolute atomic E-state index is 14.0. The molecule has 2 aliphatic rings. The maximum Gasteiger partial charge on any atom is 0.335 e. The highest BCUT2D eigenvalue weighted by atomic mass is 35.5. The van der Waals surface area contributed by atoms with E-state index in [0.29, 0.717) is 19.6 Å². The van der Waals surface area contributed by atoms with E-state index >= 15 is 0 Å². The van der Waals surface area contributed by atoms with Gasteiger partial charge in [-0.3, -0.25) is 9.59 Å². The Bertz CT molecular complexity index is 1480. The van der Waals surface area contributed by atoms with E-state index in [1.54, 1.807) is 4.90 Å². The summed E-state index contributed by atoms with van der Waals surface area (Å²) in [6.45, 7) is 6.64. The molecule has 0 aliphatic carbocycles. The Kier molecular flexibility index (Phi) is 11.4. The van der Waals surface area contributed by atoms with Gasteiger partial charge in [-0.2, -0.15) is 0 Å². The number of ether oxygens (including phenoxy) is 1. The smallest absolute Gasteiger partial charge is 0.335 e. The van der Waals surface area contributed by atoms with Crippen LogP contribution in [0.25, 0.3) is 0 Å². The third-order valence-corrected chi connectivity index (χ3v) is 8.84. The Morgan fingerprint density at radius 2 is 1.66 bits per heavy atom. The number of hydrogen-bond acceptors (Lipinski definition) is 6. The van der Waals surface area contributed by atoms with Gasteiger partial charge in [-0.05, 0) is 48.1 Å². The molecule has 5 rings (SSSR count). The molecule has 0 radical (unpaired) electrons. The second-order valence-electron chi connectivity index (χ2n) is 11.8. The van der Waals surface area contributed by atoms with Crippen LogP contribution in [0.2, 0.25) is 0 Å². The van der Waals surface area contributed by atoms with Crippen LogP contribution in [0.15, 0.2) is 97.3 Å². The molecular formula is C36H42ClN5O5. The minimum Gasteiger partial charge on any atom is -0.513 e. The fourth-order valence-electron chi connectivity index (χ4n) is 6.23. The zero-order valence-electron chi connectivity index (χ0n) is 26.6. The molecule has 2 saturated heterocycles. The van der Waals surface area contributed by atoms with Crippen molar-refractivity contribution in [2.45, 2.75) is 57.3 Å². The van der Waals surface area contributed by atoms with Crippen LogP contribution in [0.3, 0.4) is 0 Å². The maximum atomic E-state index is 14.0. The lowest BCUT2D eigenvalue weighted by Crippen LogP contribution is -2.75. The first kappa shape index (κ1) is 33.8. The summed E-state index contributed by atoms with van der Waals surface area (Å²) < 4.78 is 6.74. The largest absolute Gasteiger partial charge is 0.513 e. The number of benzene rings is 3. The monoisotopic (exact) mass is 659 g/mol. The van der Waals surface area contributed by atoms with E-state index in [9.17, 15) is 19.5 Å². The van der Waals surface area contributed by atoms with Crippen LogP contribution in [-0.4, -0.2) is 80.7 Å². The van der Waals surface area contributed by atoms with Gasteiger partial charge >= 0.3 is 6.03 Å². The standard InChI is InChI=1S/C36H42ClN5O5/c1-3-22-47-30-17-15-27(16-18-30)23-38-36(46)42-33-24-39(35(45)32(19-14-26(2)43)41(33)34(44)25-40(42)37)21-20-31(28-10-6-4-7-11-28)29-12-8-5-9-13-29/h4-13,15-18,31-33,43H,2-3,14,19-25H2,1H3,(H,38,46)/t32-,33-/m0/s1. The average Bonchev–Trinajstić information content (AvgIpc) is 3.07. The highest BCUT2D eigenvalue weighted by molar-refractivity contribution is 6.15. The van der Waals surface area contributed by atoms with E-state index in [2.05, 4.69) is 36.2 Å². The molecule has 4 amide bonds. The van der Waals surface area contributed by atoms with Crippen LogP contribution in [0, 0.1) is 0 Å². The van der Waals surface area contributed by atoms with E-state index in [-0.39, 0.29) is 56.0 Å². The van der Waals surface area contributed by atoms with Crippen molar-refractivity contribution in [2.75, 3.05) is 26.2 Å². The number of hydrazine groups is 1. The molecule has 248 valence electrons. The van der Waals surface area contributed by atoms with Gasteiger partial charge in [0, 0.05) is 37.2 Å². The summed E-state index contributed by atoms with van der Waals surface area (Å²) in [5, 5.41) is 14.1. The van der Waals surface area contributed by atoms with Crippen LogP contribution in [-0.2, 0) is 16.1 Å².